The lowest BCUT2D eigenvalue weighted by Crippen LogP contribution is -2.74. The minimum Gasteiger partial charge on any atom is -0.489 e. The number of allylic oxidation sites excluding steroid dienone is 1. The van der Waals surface area contributed by atoms with Crippen LogP contribution in [0.15, 0.2) is 49.0 Å². The normalized spacial score (nSPS) is 21.1. The number of carbonyl (C=O) groups excluding carboxylic acids is 1. The molecule has 0 aromatic heterocycles. The van der Waals surface area contributed by atoms with Gasteiger partial charge in [0.1, 0.15) is 17.9 Å². The van der Waals surface area contributed by atoms with Crippen LogP contribution in [0.4, 0.5) is 0 Å². The van der Waals surface area contributed by atoms with Gasteiger partial charge in [-0.3, -0.25) is 4.79 Å². The van der Waals surface area contributed by atoms with Crippen molar-refractivity contribution in [2.75, 3.05) is 0 Å². The molecule has 0 atom stereocenters. The molecule has 0 heterocycles. The lowest BCUT2D eigenvalue weighted by molar-refractivity contribution is -0.164. The molecule has 3 rings (SSSR count). The van der Waals surface area contributed by atoms with E-state index in [2.05, 4.69) is 45.7 Å². The number of carbonyl (C=O) groups is 1. The molecule has 0 aliphatic heterocycles. The summed E-state index contributed by atoms with van der Waals surface area (Å²) in [5, 5.41) is 12.6. The van der Waals surface area contributed by atoms with Crippen molar-refractivity contribution in [2.24, 2.45) is 10.8 Å². The molecule has 5 heteroatoms. The highest BCUT2D eigenvalue weighted by atomic mass is 35.5. The highest BCUT2D eigenvalue weighted by Crippen LogP contribution is 2.55. The predicted octanol–water partition coefficient (Wildman–Crippen LogP) is 5.86. The minimum absolute atomic E-state index is 0.0721. The van der Waals surface area contributed by atoms with E-state index in [1.165, 1.54) is 0 Å². The van der Waals surface area contributed by atoms with Crippen LogP contribution in [0.2, 0.25) is 5.02 Å². The van der Waals surface area contributed by atoms with Gasteiger partial charge in [-0.15, -0.1) is 0 Å². The van der Waals surface area contributed by atoms with Crippen molar-refractivity contribution in [3.05, 3.63) is 70.8 Å². The van der Waals surface area contributed by atoms with E-state index >= 15 is 0 Å². The molecule has 1 aliphatic rings. The molecule has 1 saturated carbocycles. The molecule has 156 valence electrons. The van der Waals surface area contributed by atoms with Crippen LogP contribution in [0.3, 0.4) is 0 Å². The highest BCUT2D eigenvalue weighted by Gasteiger charge is 2.64. The van der Waals surface area contributed by atoms with E-state index in [0.29, 0.717) is 21.9 Å². The molecule has 0 bridgehead atoms. The first-order valence-electron chi connectivity index (χ1n) is 9.91. The van der Waals surface area contributed by atoms with Crippen LogP contribution < -0.4 is 10.1 Å². The Bertz CT molecular complexity index is 1020. The number of hydrogen-bond donors (Lipinski definition) is 1. The molecule has 0 saturated heterocycles. The molecule has 1 fully saturated rings. The minimum atomic E-state index is -0.294. The summed E-state index contributed by atoms with van der Waals surface area (Å²) in [6.45, 7) is 14.2. The van der Waals surface area contributed by atoms with Gasteiger partial charge < -0.3 is 10.1 Å². The summed E-state index contributed by atoms with van der Waals surface area (Å²) in [6, 6.07) is 14.5. The maximum Gasteiger partial charge on any atom is 0.251 e. The van der Waals surface area contributed by atoms with Crippen molar-refractivity contribution in [3.63, 3.8) is 0 Å². The lowest BCUT2D eigenvalue weighted by Gasteiger charge is -2.63. The third-order valence-corrected chi connectivity index (χ3v) is 6.38. The Morgan fingerprint density at radius 2 is 1.67 bits per heavy atom. The Labute approximate surface area is 183 Å². The second kappa shape index (κ2) is 7.81. The summed E-state index contributed by atoms with van der Waals surface area (Å²) in [4.78, 5) is 12.9. The largest absolute Gasteiger partial charge is 0.489 e. The Kier molecular flexibility index (Phi) is 5.71. The zero-order chi connectivity index (χ0) is 22.3. The number of nitrogens with zero attached hydrogens (tertiary/aromatic N) is 1. The number of rotatable bonds is 5. The molecule has 0 radical (unpaired) electrons. The molecule has 2 aromatic carbocycles. The van der Waals surface area contributed by atoms with Crippen LogP contribution in [-0.2, 0) is 0 Å². The summed E-state index contributed by atoms with van der Waals surface area (Å²) in [7, 11) is 0. The van der Waals surface area contributed by atoms with E-state index in [1.807, 2.05) is 31.2 Å². The molecule has 30 heavy (non-hydrogen) atoms. The Balaban J connectivity index is 1.75. The van der Waals surface area contributed by atoms with E-state index < -0.39 is 0 Å². The molecule has 0 spiro atoms. The monoisotopic (exact) mass is 422 g/mol. The van der Waals surface area contributed by atoms with Gasteiger partial charge in [0.2, 0.25) is 0 Å². The second-order valence-corrected chi connectivity index (χ2v) is 9.57. The number of amides is 1. The first-order valence-corrected chi connectivity index (χ1v) is 10.3. The van der Waals surface area contributed by atoms with Crippen LogP contribution >= 0.6 is 11.6 Å². The first kappa shape index (κ1) is 21.9. The third-order valence-electron chi connectivity index (χ3n) is 6.07. The number of nitrogens with one attached hydrogen (secondary N) is 1. The van der Waals surface area contributed by atoms with Crippen molar-refractivity contribution in [3.8, 4) is 11.8 Å². The van der Waals surface area contributed by atoms with Crippen LogP contribution in [-0.4, -0.2) is 18.1 Å². The SMILES string of the molecule is C=C(C)c1ccc(C(=O)NC2C(C)(C)C(Oc3ccc(C#N)c(Cl)c3)C2(C)C)cc1. The standard InChI is InChI=1S/C25H27ClN2O2/c1-15(2)16-7-9-17(10-8-16)21(29)28-22-24(3,4)23(25(22,5)6)30-19-12-11-18(14-27)20(26)13-19/h7-13,22-23H,1H2,2-6H3,(H,28,29). The van der Waals surface area contributed by atoms with Crippen LogP contribution in [0.1, 0.15) is 56.1 Å². The first-order chi connectivity index (χ1) is 14.0. The van der Waals surface area contributed by atoms with E-state index in [0.717, 1.165) is 11.1 Å². The van der Waals surface area contributed by atoms with E-state index in [1.54, 1.807) is 18.2 Å². The van der Waals surface area contributed by atoms with Crippen molar-refractivity contribution < 1.29 is 9.53 Å². The average molecular weight is 423 g/mol. The molecule has 4 nitrogen and oxygen atoms in total. The van der Waals surface area contributed by atoms with E-state index in [4.69, 9.17) is 21.6 Å². The predicted molar refractivity (Wildman–Crippen MR) is 121 cm³/mol. The zero-order valence-corrected chi connectivity index (χ0v) is 18.8. The molecule has 1 N–H and O–H groups in total. The molecule has 1 amide bonds. The fourth-order valence-corrected chi connectivity index (χ4v) is 4.93. The van der Waals surface area contributed by atoms with Gasteiger partial charge in [0.25, 0.3) is 5.91 Å². The number of benzene rings is 2. The van der Waals surface area contributed by atoms with Gasteiger partial charge in [-0.2, -0.15) is 5.26 Å². The van der Waals surface area contributed by atoms with E-state index in [9.17, 15) is 4.79 Å². The van der Waals surface area contributed by atoms with Gasteiger partial charge >= 0.3 is 0 Å². The zero-order valence-electron chi connectivity index (χ0n) is 18.0. The Morgan fingerprint density at radius 3 is 2.17 bits per heavy atom. The molecule has 2 aromatic rings. The summed E-state index contributed by atoms with van der Waals surface area (Å²) in [5.41, 5.74) is 2.43. The van der Waals surface area contributed by atoms with Gasteiger partial charge in [0, 0.05) is 28.5 Å². The van der Waals surface area contributed by atoms with Crippen molar-refractivity contribution in [2.45, 2.75) is 46.8 Å². The summed E-state index contributed by atoms with van der Waals surface area (Å²) >= 11 is 6.15. The lowest BCUT2D eigenvalue weighted by atomic mass is 9.49. The van der Waals surface area contributed by atoms with Crippen LogP contribution in [0, 0.1) is 22.2 Å². The Morgan fingerprint density at radius 1 is 1.10 bits per heavy atom. The van der Waals surface area contributed by atoms with Gasteiger partial charge in [0.05, 0.1) is 10.6 Å². The number of nitriles is 1. The quantitative estimate of drug-likeness (QED) is 0.656. The highest BCUT2D eigenvalue weighted by molar-refractivity contribution is 6.31. The number of ether oxygens (including phenoxy) is 1. The fraction of sp³-hybridized carbons (Fsp3) is 0.360. The summed E-state index contributed by atoms with van der Waals surface area (Å²) < 4.78 is 6.27. The number of halogens is 1. The summed E-state index contributed by atoms with van der Waals surface area (Å²) in [5.74, 6) is 0.514. The maximum absolute atomic E-state index is 12.9. The number of hydrogen-bond acceptors (Lipinski definition) is 3. The van der Waals surface area contributed by atoms with Gasteiger partial charge in [0.15, 0.2) is 0 Å². The molecular formula is C25H27ClN2O2. The topological polar surface area (TPSA) is 62.1 Å². The van der Waals surface area contributed by atoms with Crippen molar-refractivity contribution >= 4 is 23.1 Å². The maximum atomic E-state index is 12.9. The summed E-state index contributed by atoms with van der Waals surface area (Å²) in [6.07, 6.45) is -0.134. The molecule has 0 unspecified atom stereocenters. The smallest absolute Gasteiger partial charge is 0.251 e. The van der Waals surface area contributed by atoms with Crippen molar-refractivity contribution in [1.82, 2.24) is 5.32 Å². The molecule has 1 aliphatic carbocycles. The van der Waals surface area contributed by atoms with Gasteiger partial charge in [-0.05, 0) is 36.8 Å². The van der Waals surface area contributed by atoms with Crippen LogP contribution in [0.25, 0.3) is 5.57 Å². The average Bonchev–Trinajstić information content (AvgIpc) is 2.69. The Hall–Kier alpha value is -2.77. The second-order valence-electron chi connectivity index (χ2n) is 9.16. The third kappa shape index (κ3) is 3.82. The van der Waals surface area contributed by atoms with Crippen molar-refractivity contribution in [1.29, 1.82) is 5.26 Å². The molecular weight excluding hydrogens is 396 g/mol. The van der Waals surface area contributed by atoms with Gasteiger partial charge in [-0.1, -0.05) is 63.6 Å². The van der Waals surface area contributed by atoms with Gasteiger partial charge in [-0.25, -0.2) is 0 Å². The van der Waals surface area contributed by atoms with E-state index in [-0.39, 0.29) is 28.9 Å². The fourth-order valence-electron chi connectivity index (χ4n) is 4.72. The van der Waals surface area contributed by atoms with Crippen LogP contribution in [0.5, 0.6) is 5.75 Å².